The fraction of sp³-hybridized carbons (Fsp3) is 0.118. The van der Waals surface area contributed by atoms with Crippen molar-refractivity contribution in [2.75, 3.05) is 6.54 Å². The number of halogens is 1. The Kier molecular flexibility index (Phi) is 5.99. The predicted molar refractivity (Wildman–Crippen MR) is 85.3 cm³/mol. The van der Waals surface area contributed by atoms with Crippen LogP contribution in [0.15, 0.2) is 59.7 Å². The molecule has 118 valence electrons. The van der Waals surface area contributed by atoms with Crippen molar-refractivity contribution in [2.45, 2.75) is 6.42 Å². The summed E-state index contributed by atoms with van der Waals surface area (Å²) in [4.78, 5) is 23.1. The summed E-state index contributed by atoms with van der Waals surface area (Å²) < 4.78 is 13.3. The fourth-order valence-electron chi connectivity index (χ4n) is 1.84. The second kappa shape index (κ2) is 8.43. The normalized spacial score (nSPS) is 10.5. The molecule has 0 bridgehead atoms. The predicted octanol–water partition coefficient (Wildman–Crippen LogP) is 1.63. The van der Waals surface area contributed by atoms with Crippen LogP contribution in [0.1, 0.15) is 11.1 Å². The van der Waals surface area contributed by atoms with E-state index in [4.69, 9.17) is 0 Å². The molecule has 0 radical (unpaired) electrons. The summed E-state index contributed by atoms with van der Waals surface area (Å²) in [6, 6.07) is 15.6. The minimum absolute atomic E-state index is 0.220. The highest BCUT2D eigenvalue weighted by Crippen LogP contribution is 2.02. The zero-order valence-electron chi connectivity index (χ0n) is 12.3. The molecule has 0 unspecified atom stereocenters. The molecule has 2 amide bonds. The number of benzene rings is 2. The third-order valence-corrected chi connectivity index (χ3v) is 3.02. The number of carbonyl (C=O) groups is 2. The van der Waals surface area contributed by atoms with Gasteiger partial charge in [0, 0.05) is 12.1 Å². The molecule has 5 nitrogen and oxygen atoms in total. The molecular formula is C17H16FN3O2. The summed E-state index contributed by atoms with van der Waals surface area (Å²) in [6.45, 7) is 0.341. The number of nitrogens with one attached hydrogen (secondary N) is 2. The average Bonchev–Trinajstić information content (AvgIpc) is 2.57. The Labute approximate surface area is 133 Å². The zero-order valence-corrected chi connectivity index (χ0v) is 12.3. The van der Waals surface area contributed by atoms with Crippen molar-refractivity contribution in [1.29, 1.82) is 0 Å². The van der Waals surface area contributed by atoms with Crippen LogP contribution in [0.25, 0.3) is 0 Å². The molecule has 0 atom stereocenters. The first-order chi connectivity index (χ1) is 11.2. The van der Waals surface area contributed by atoms with Crippen molar-refractivity contribution in [1.82, 2.24) is 10.7 Å². The summed E-state index contributed by atoms with van der Waals surface area (Å²) in [6.07, 6.45) is 1.77. The molecule has 23 heavy (non-hydrogen) atoms. The SMILES string of the molecule is O=C(NCCc1ccccc1)C(=O)N/N=C\c1ccccc1F. The molecule has 0 aromatic heterocycles. The Bertz CT molecular complexity index is 702. The molecule has 0 fully saturated rings. The fourth-order valence-corrected chi connectivity index (χ4v) is 1.84. The van der Waals surface area contributed by atoms with Gasteiger partial charge in [-0.1, -0.05) is 48.5 Å². The van der Waals surface area contributed by atoms with Crippen molar-refractivity contribution in [3.63, 3.8) is 0 Å². The van der Waals surface area contributed by atoms with E-state index in [1.165, 1.54) is 12.1 Å². The Morgan fingerprint density at radius 3 is 2.43 bits per heavy atom. The van der Waals surface area contributed by atoms with Crippen LogP contribution in [0, 0.1) is 5.82 Å². The Morgan fingerprint density at radius 1 is 1.00 bits per heavy atom. The lowest BCUT2D eigenvalue weighted by Gasteiger charge is -2.04. The molecule has 0 saturated carbocycles. The van der Waals surface area contributed by atoms with Crippen LogP contribution in [-0.2, 0) is 16.0 Å². The van der Waals surface area contributed by atoms with Crippen molar-refractivity contribution in [2.24, 2.45) is 5.10 Å². The van der Waals surface area contributed by atoms with E-state index < -0.39 is 17.6 Å². The molecule has 0 spiro atoms. The van der Waals surface area contributed by atoms with Gasteiger partial charge in [-0.2, -0.15) is 5.10 Å². The average molecular weight is 313 g/mol. The van der Waals surface area contributed by atoms with Gasteiger partial charge < -0.3 is 5.32 Å². The van der Waals surface area contributed by atoms with Gasteiger partial charge in [-0.25, -0.2) is 9.82 Å². The Balaban J connectivity index is 1.75. The van der Waals surface area contributed by atoms with Crippen LogP contribution in [0.2, 0.25) is 0 Å². The first kappa shape index (κ1) is 16.4. The molecule has 6 heteroatoms. The highest BCUT2D eigenvalue weighted by molar-refractivity contribution is 6.35. The molecule has 0 aliphatic carbocycles. The number of hydrogen-bond acceptors (Lipinski definition) is 3. The smallest absolute Gasteiger partial charge is 0.329 e. The lowest BCUT2D eigenvalue weighted by atomic mass is 10.1. The molecular weight excluding hydrogens is 297 g/mol. The van der Waals surface area contributed by atoms with Gasteiger partial charge in [-0.05, 0) is 18.1 Å². The molecule has 2 aromatic carbocycles. The minimum Gasteiger partial charge on any atom is -0.347 e. The third kappa shape index (κ3) is 5.35. The van der Waals surface area contributed by atoms with Crippen LogP contribution < -0.4 is 10.7 Å². The largest absolute Gasteiger partial charge is 0.347 e. The Morgan fingerprint density at radius 2 is 1.70 bits per heavy atom. The molecule has 0 saturated heterocycles. The molecule has 0 aliphatic rings. The summed E-state index contributed by atoms with van der Waals surface area (Å²) in [5.41, 5.74) is 3.34. The van der Waals surface area contributed by atoms with Crippen LogP contribution in [0.4, 0.5) is 4.39 Å². The maximum atomic E-state index is 13.3. The lowest BCUT2D eigenvalue weighted by molar-refractivity contribution is -0.139. The maximum absolute atomic E-state index is 13.3. The minimum atomic E-state index is -0.898. The summed E-state index contributed by atoms with van der Waals surface area (Å²) in [5, 5.41) is 6.06. The molecule has 0 heterocycles. The number of carbonyl (C=O) groups excluding carboxylic acids is 2. The molecule has 2 N–H and O–H groups in total. The van der Waals surface area contributed by atoms with Gasteiger partial charge in [0.1, 0.15) is 5.82 Å². The summed E-state index contributed by atoms with van der Waals surface area (Å²) in [7, 11) is 0. The standard InChI is InChI=1S/C17H16FN3O2/c18-15-9-5-4-8-14(15)12-20-21-17(23)16(22)19-11-10-13-6-2-1-3-7-13/h1-9,12H,10-11H2,(H,19,22)(H,21,23)/b20-12-. The van der Waals surface area contributed by atoms with E-state index in [2.05, 4.69) is 15.8 Å². The second-order valence-electron chi connectivity index (χ2n) is 4.71. The highest BCUT2D eigenvalue weighted by Gasteiger charge is 2.11. The van der Waals surface area contributed by atoms with Gasteiger partial charge in [-0.3, -0.25) is 9.59 Å². The van der Waals surface area contributed by atoms with Crippen molar-refractivity contribution in [3.05, 3.63) is 71.5 Å². The first-order valence-corrected chi connectivity index (χ1v) is 7.06. The van der Waals surface area contributed by atoms with E-state index in [0.717, 1.165) is 11.8 Å². The number of nitrogens with zero attached hydrogens (tertiary/aromatic N) is 1. The van der Waals surface area contributed by atoms with Crippen molar-refractivity contribution in [3.8, 4) is 0 Å². The van der Waals surface area contributed by atoms with E-state index in [0.29, 0.717) is 13.0 Å². The zero-order chi connectivity index (χ0) is 16.5. The molecule has 2 aromatic rings. The van der Waals surface area contributed by atoms with Gasteiger partial charge in [0.25, 0.3) is 0 Å². The number of hydrazone groups is 1. The van der Waals surface area contributed by atoms with Gasteiger partial charge in [-0.15, -0.1) is 0 Å². The summed E-state index contributed by atoms with van der Waals surface area (Å²) >= 11 is 0. The van der Waals surface area contributed by atoms with E-state index in [-0.39, 0.29) is 5.56 Å². The quantitative estimate of drug-likeness (QED) is 0.500. The van der Waals surface area contributed by atoms with Crippen LogP contribution in [0.3, 0.4) is 0 Å². The first-order valence-electron chi connectivity index (χ1n) is 7.06. The third-order valence-electron chi connectivity index (χ3n) is 3.02. The highest BCUT2D eigenvalue weighted by atomic mass is 19.1. The van der Waals surface area contributed by atoms with Gasteiger partial charge in [0.15, 0.2) is 0 Å². The van der Waals surface area contributed by atoms with E-state index in [9.17, 15) is 14.0 Å². The van der Waals surface area contributed by atoms with E-state index in [1.807, 2.05) is 30.3 Å². The lowest BCUT2D eigenvalue weighted by Crippen LogP contribution is -2.38. The monoisotopic (exact) mass is 313 g/mol. The van der Waals surface area contributed by atoms with E-state index >= 15 is 0 Å². The second-order valence-corrected chi connectivity index (χ2v) is 4.71. The topological polar surface area (TPSA) is 70.6 Å². The van der Waals surface area contributed by atoms with Crippen molar-refractivity contribution >= 4 is 18.0 Å². The number of amides is 2. The van der Waals surface area contributed by atoms with Crippen molar-refractivity contribution < 1.29 is 14.0 Å². The molecule has 0 aliphatic heterocycles. The van der Waals surface area contributed by atoms with Gasteiger partial charge in [0.2, 0.25) is 0 Å². The van der Waals surface area contributed by atoms with Gasteiger partial charge >= 0.3 is 11.8 Å². The van der Waals surface area contributed by atoms with Crippen LogP contribution >= 0.6 is 0 Å². The number of hydrogen-bond donors (Lipinski definition) is 2. The van der Waals surface area contributed by atoms with Crippen LogP contribution in [-0.4, -0.2) is 24.6 Å². The Hall–Kier alpha value is -3.02. The van der Waals surface area contributed by atoms with Crippen LogP contribution in [0.5, 0.6) is 0 Å². The van der Waals surface area contributed by atoms with Gasteiger partial charge in [0.05, 0.1) is 6.21 Å². The summed E-state index contributed by atoms with van der Waals surface area (Å²) in [5.74, 6) is -2.14. The molecule has 2 rings (SSSR count). The maximum Gasteiger partial charge on any atom is 0.329 e. The van der Waals surface area contributed by atoms with E-state index in [1.54, 1.807) is 12.1 Å². The number of rotatable bonds is 5.